The molecule has 3 N–H and O–H groups in total. The third-order valence-electron chi connectivity index (χ3n) is 5.22. The van der Waals surface area contributed by atoms with E-state index in [1.807, 2.05) is 51.1 Å². The van der Waals surface area contributed by atoms with Gasteiger partial charge in [0.2, 0.25) is 11.5 Å². The van der Waals surface area contributed by atoms with Crippen molar-refractivity contribution < 1.29 is 9.36 Å². The fourth-order valence-corrected chi connectivity index (χ4v) is 3.58. The van der Waals surface area contributed by atoms with Crippen LogP contribution >= 0.6 is 0 Å². The summed E-state index contributed by atoms with van der Waals surface area (Å²) in [7, 11) is 0. The Labute approximate surface area is 173 Å². The van der Waals surface area contributed by atoms with Crippen LogP contribution in [0, 0.1) is 13.8 Å². The molecule has 0 radical (unpaired) electrons. The van der Waals surface area contributed by atoms with Crippen LogP contribution < -0.4 is 21.2 Å². The highest BCUT2D eigenvalue weighted by atomic mass is 16.1. The van der Waals surface area contributed by atoms with Crippen molar-refractivity contribution in [1.82, 2.24) is 14.7 Å². The number of aromatic nitrogens is 3. The van der Waals surface area contributed by atoms with E-state index >= 15 is 0 Å². The molecule has 7 heteroatoms. The summed E-state index contributed by atoms with van der Waals surface area (Å²) in [5.41, 5.74) is 10.5. The number of carbonyl (C=O) groups excluding carboxylic acids is 1. The summed E-state index contributed by atoms with van der Waals surface area (Å²) in [6.07, 6.45) is 1.68. The number of amides is 1. The maximum absolute atomic E-state index is 13.3. The van der Waals surface area contributed by atoms with E-state index in [4.69, 9.17) is 10.7 Å². The van der Waals surface area contributed by atoms with E-state index < -0.39 is 0 Å². The molecule has 0 bridgehead atoms. The lowest BCUT2D eigenvalue weighted by atomic mass is 10.1. The van der Waals surface area contributed by atoms with Gasteiger partial charge in [0.1, 0.15) is 10.9 Å². The Balaban J connectivity index is 2.07. The van der Waals surface area contributed by atoms with Gasteiger partial charge in [-0.3, -0.25) is 14.0 Å². The zero-order valence-electron chi connectivity index (χ0n) is 17.3. The van der Waals surface area contributed by atoms with E-state index in [9.17, 15) is 9.59 Å². The highest BCUT2D eigenvalue weighted by Crippen LogP contribution is 2.17. The molecular formula is C23H24N5O2+. The highest BCUT2D eigenvalue weighted by Gasteiger charge is 2.24. The Kier molecular flexibility index (Phi) is 4.95. The Morgan fingerprint density at radius 2 is 1.93 bits per heavy atom. The van der Waals surface area contributed by atoms with Crippen LogP contribution in [0.25, 0.3) is 16.7 Å². The van der Waals surface area contributed by atoms with E-state index in [0.29, 0.717) is 29.8 Å². The lowest BCUT2D eigenvalue weighted by Crippen LogP contribution is -2.43. The molecule has 0 atom stereocenters. The summed E-state index contributed by atoms with van der Waals surface area (Å²) in [6, 6.07) is 13.3. The van der Waals surface area contributed by atoms with Gasteiger partial charge < -0.3 is 11.1 Å². The zero-order chi connectivity index (χ0) is 21.4. The van der Waals surface area contributed by atoms with Crippen molar-refractivity contribution in [3.63, 3.8) is 0 Å². The van der Waals surface area contributed by atoms with E-state index in [0.717, 1.165) is 16.7 Å². The molecular weight excluding hydrogens is 378 g/mol. The van der Waals surface area contributed by atoms with Crippen molar-refractivity contribution in [3.8, 4) is 0 Å². The van der Waals surface area contributed by atoms with Crippen LogP contribution in [0.3, 0.4) is 0 Å². The maximum Gasteiger partial charge on any atom is 0.278 e. The number of rotatable bonds is 4. The largest absolute Gasteiger partial charge is 0.352 e. The number of hydrogen-bond donors (Lipinski definition) is 2. The minimum atomic E-state index is -0.316. The Morgan fingerprint density at radius 3 is 2.63 bits per heavy atom. The molecule has 3 aromatic heterocycles. The average molecular weight is 402 g/mol. The first-order chi connectivity index (χ1) is 14.4. The first-order valence-electron chi connectivity index (χ1n) is 9.88. The van der Waals surface area contributed by atoms with Crippen LogP contribution in [0.15, 0.2) is 53.5 Å². The maximum atomic E-state index is 13.3. The van der Waals surface area contributed by atoms with Gasteiger partial charge in [-0.15, -0.1) is 0 Å². The Hall–Kier alpha value is -3.74. The minimum Gasteiger partial charge on any atom is -0.352 e. The van der Waals surface area contributed by atoms with Crippen LogP contribution in [0.1, 0.15) is 34.0 Å². The van der Waals surface area contributed by atoms with Crippen molar-refractivity contribution in [1.29, 1.82) is 0 Å². The molecule has 0 aliphatic carbocycles. The highest BCUT2D eigenvalue weighted by molar-refractivity contribution is 6.00. The molecule has 0 fully saturated rings. The van der Waals surface area contributed by atoms with Crippen molar-refractivity contribution in [3.05, 3.63) is 81.3 Å². The van der Waals surface area contributed by atoms with E-state index in [-0.39, 0.29) is 22.8 Å². The lowest BCUT2D eigenvalue weighted by molar-refractivity contribution is -0.649. The van der Waals surface area contributed by atoms with E-state index in [1.165, 1.54) is 4.40 Å². The van der Waals surface area contributed by atoms with Crippen LogP contribution in [0.2, 0.25) is 0 Å². The van der Waals surface area contributed by atoms with Crippen LogP contribution in [-0.4, -0.2) is 21.8 Å². The molecule has 1 aromatic carbocycles. The van der Waals surface area contributed by atoms with Gasteiger partial charge in [0.25, 0.3) is 17.1 Å². The standard InChI is InChI=1S/C23H23N5O2/c1-4-25-22(29)17-12-18-21(26-20-15(3)6-5-11-27(20)23(18)30)28(19(17)24)13-16-9-7-14(2)8-10-16/h5-12,24H,4,13H2,1-3H3,(H,25,29)/p+1. The third kappa shape index (κ3) is 3.28. The molecule has 0 unspecified atom stereocenters. The van der Waals surface area contributed by atoms with Crippen LogP contribution in [0.4, 0.5) is 5.82 Å². The van der Waals surface area contributed by atoms with E-state index in [1.54, 1.807) is 22.9 Å². The number of nitrogens with two attached hydrogens (primary N) is 1. The number of fused-ring (bicyclic) bond motifs is 2. The second kappa shape index (κ2) is 7.59. The number of benzene rings is 1. The number of nitrogens with zero attached hydrogens (tertiary/aromatic N) is 3. The number of hydrogen-bond acceptors (Lipinski definition) is 4. The smallest absolute Gasteiger partial charge is 0.278 e. The van der Waals surface area contributed by atoms with Gasteiger partial charge in [0, 0.05) is 18.3 Å². The lowest BCUT2D eigenvalue weighted by Gasteiger charge is -2.12. The molecule has 0 spiro atoms. The van der Waals surface area contributed by atoms with E-state index in [2.05, 4.69) is 5.32 Å². The monoisotopic (exact) mass is 402 g/mol. The number of aryl methyl sites for hydroxylation is 2. The van der Waals surface area contributed by atoms with Gasteiger partial charge in [-0.2, -0.15) is 0 Å². The summed E-state index contributed by atoms with van der Waals surface area (Å²) in [5.74, 6) is -0.0397. The molecule has 152 valence electrons. The number of pyridine rings is 2. The summed E-state index contributed by atoms with van der Waals surface area (Å²) in [4.78, 5) is 30.7. The van der Waals surface area contributed by atoms with Gasteiger partial charge in [0.05, 0.1) is 6.54 Å². The summed E-state index contributed by atoms with van der Waals surface area (Å²) >= 11 is 0. The SMILES string of the molecule is CCNC(=O)c1cc2c(=O)n3cccc(C)c3nc2[n+](Cc2ccc(C)cc2)c1N. The molecule has 30 heavy (non-hydrogen) atoms. The third-order valence-corrected chi connectivity index (χ3v) is 5.22. The fourth-order valence-electron chi connectivity index (χ4n) is 3.58. The van der Waals surface area contributed by atoms with Crippen molar-refractivity contribution in [2.45, 2.75) is 27.3 Å². The number of carbonyl (C=O) groups is 1. The molecule has 0 saturated heterocycles. The van der Waals surface area contributed by atoms with Gasteiger partial charge >= 0.3 is 0 Å². The predicted octanol–water partition coefficient (Wildman–Crippen LogP) is 2.13. The van der Waals surface area contributed by atoms with Gasteiger partial charge in [-0.25, -0.2) is 4.57 Å². The molecule has 7 nitrogen and oxygen atoms in total. The second-order valence-corrected chi connectivity index (χ2v) is 7.41. The molecule has 0 aliphatic rings. The van der Waals surface area contributed by atoms with Crippen LogP contribution in [-0.2, 0) is 6.54 Å². The summed E-state index contributed by atoms with van der Waals surface area (Å²) in [5, 5.41) is 3.12. The van der Waals surface area contributed by atoms with Crippen molar-refractivity contribution in [2.24, 2.45) is 0 Å². The second-order valence-electron chi connectivity index (χ2n) is 7.41. The van der Waals surface area contributed by atoms with Gasteiger partial charge in [-0.1, -0.05) is 40.9 Å². The Morgan fingerprint density at radius 1 is 1.20 bits per heavy atom. The normalized spacial score (nSPS) is 11.2. The summed E-state index contributed by atoms with van der Waals surface area (Å²) < 4.78 is 3.25. The first kappa shape index (κ1) is 19.6. The number of nitrogen functional groups attached to an aromatic ring is 1. The van der Waals surface area contributed by atoms with Gasteiger partial charge in [0.15, 0.2) is 0 Å². The minimum absolute atomic E-state index is 0.234. The zero-order valence-corrected chi connectivity index (χ0v) is 17.3. The molecule has 3 heterocycles. The Bertz CT molecular complexity index is 1340. The van der Waals surface area contributed by atoms with Gasteiger partial charge in [-0.05, 0) is 38.5 Å². The number of anilines is 1. The molecule has 4 rings (SSSR count). The predicted molar refractivity (Wildman–Crippen MR) is 117 cm³/mol. The molecule has 0 saturated carbocycles. The topological polar surface area (TPSA) is 93.4 Å². The average Bonchev–Trinajstić information content (AvgIpc) is 2.72. The molecule has 0 aliphatic heterocycles. The summed E-state index contributed by atoms with van der Waals surface area (Å²) in [6.45, 7) is 6.62. The quantitative estimate of drug-likeness (QED) is 0.404. The first-order valence-corrected chi connectivity index (χ1v) is 9.88. The van der Waals surface area contributed by atoms with Crippen LogP contribution in [0.5, 0.6) is 0 Å². The molecule has 4 aromatic rings. The van der Waals surface area contributed by atoms with Crippen molar-refractivity contribution >= 4 is 28.4 Å². The molecule has 1 amide bonds. The van der Waals surface area contributed by atoms with Crippen molar-refractivity contribution in [2.75, 3.05) is 12.3 Å². The fraction of sp³-hybridized carbons (Fsp3) is 0.217. The number of nitrogens with one attached hydrogen (secondary N) is 1.